The molecule has 1 aromatic carbocycles. The highest BCUT2D eigenvalue weighted by Gasteiger charge is 2.34. The first-order valence-electron chi connectivity index (χ1n) is 13.1. The van der Waals surface area contributed by atoms with E-state index in [0.29, 0.717) is 63.4 Å². The lowest BCUT2D eigenvalue weighted by atomic mass is 10.0. The summed E-state index contributed by atoms with van der Waals surface area (Å²) in [6, 6.07) is 7.50. The summed E-state index contributed by atoms with van der Waals surface area (Å²) in [7, 11) is 0. The van der Waals surface area contributed by atoms with E-state index in [2.05, 4.69) is 15.2 Å². The Hall–Kier alpha value is -3.53. The van der Waals surface area contributed by atoms with E-state index in [9.17, 15) is 31.1 Å². The standard InChI is InChI=1S/C27H30F6N6O/c28-26(29,30)20-4-6-24(35-18-20)38-14-12-37(13-15-38)9-1-2-25(40)39-10-7-21(8-11-39)36-22-5-3-19(17-34)23(16-22)27(31,32)33/h3-6,16,18,21,36H,1-2,7-15H2. The smallest absolute Gasteiger partial charge is 0.382 e. The molecule has 4 rings (SSSR count). The maximum absolute atomic E-state index is 13.2. The largest absolute Gasteiger partial charge is 0.417 e. The molecule has 0 saturated carbocycles. The monoisotopic (exact) mass is 568 g/mol. The van der Waals surface area contributed by atoms with E-state index < -0.39 is 29.0 Å². The maximum Gasteiger partial charge on any atom is 0.417 e. The average molecular weight is 569 g/mol. The van der Waals surface area contributed by atoms with E-state index in [1.165, 1.54) is 12.1 Å². The fraction of sp³-hybridized carbons (Fsp3) is 0.519. The molecular formula is C27H30F6N6O. The van der Waals surface area contributed by atoms with Crippen molar-refractivity contribution in [1.29, 1.82) is 5.26 Å². The molecule has 0 radical (unpaired) electrons. The van der Waals surface area contributed by atoms with Crippen molar-refractivity contribution in [3.05, 3.63) is 53.2 Å². The van der Waals surface area contributed by atoms with Crippen LogP contribution in [0.3, 0.4) is 0 Å². The van der Waals surface area contributed by atoms with Crippen LogP contribution >= 0.6 is 0 Å². The third-order valence-electron chi connectivity index (χ3n) is 7.30. The summed E-state index contributed by atoms with van der Waals surface area (Å²) in [4.78, 5) is 22.6. The van der Waals surface area contributed by atoms with Gasteiger partial charge in [0.15, 0.2) is 0 Å². The molecule has 13 heteroatoms. The summed E-state index contributed by atoms with van der Waals surface area (Å²) < 4.78 is 77.9. The second kappa shape index (κ2) is 12.3. The minimum Gasteiger partial charge on any atom is -0.382 e. The zero-order chi connectivity index (χ0) is 28.9. The third kappa shape index (κ3) is 7.56. The van der Waals surface area contributed by atoms with Crippen molar-refractivity contribution in [3.8, 4) is 6.07 Å². The lowest BCUT2D eigenvalue weighted by Crippen LogP contribution is -2.47. The highest BCUT2D eigenvalue weighted by molar-refractivity contribution is 5.76. The second-order valence-electron chi connectivity index (χ2n) is 10.0. The first-order valence-corrected chi connectivity index (χ1v) is 13.1. The van der Waals surface area contributed by atoms with Gasteiger partial charge < -0.3 is 15.1 Å². The van der Waals surface area contributed by atoms with Crippen LogP contribution in [-0.2, 0) is 17.1 Å². The molecule has 2 aliphatic rings. The van der Waals surface area contributed by atoms with Crippen LogP contribution < -0.4 is 10.2 Å². The Bertz CT molecular complexity index is 1190. The number of anilines is 2. The average Bonchev–Trinajstić information content (AvgIpc) is 2.93. The van der Waals surface area contributed by atoms with E-state index in [1.54, 1.807) is 11.0 Å². The summed E-state index contributed by atoms with van der Waals surface area (Å²) in [6.45, 7) is 4.47. The molecular weight excluding hydrogens is 538 g/mol. The number of nitriles is 1. The number of piperidine rings is 1. The van der Waals surface area contributed by atoms with Gasteiger partial charge in [-0.1, -0.05) is 0 Å². The number of rotatable bonds is 7. The summed E-state index contributed by atoms with van der Waals surface area (Å²) in [5, 5.41) is 12.1. The van der Waals surface area contributed by atoms with Gasteiger partial charge in [0.2, 0.25) is 5.91 Å². The quantitative estimate of drug-likeness (QED) is 0.475. The molecule has 3 heterocycles. The van der Waals surface area contributed by atoms with Crippen molar-refractivity contribution >= 4 is 17.4 Å². The topological polar surface area (TPSA) is 75.5 Å². The molecule has 0 atom stereocenters. The van der Waals surface area contributed by atoms with Gasteiger partial charge in [-0.2, -0.15) is 31.6 Å². The Labute approximate surface area is 228 Å². The van der Waals surface area contributed by atoms with Crippen molar-refractivity contribution in [2.75, 3.05) is 56.0 Å². The molecule has 216 valence electrons. The number of halogens is 6. The second-order valence-corrected chi connectivity index (χ2v) is 10.0. The summed E-state index contributed by atoms with van der Waals surface area (Å²) in [5.74, 6) is 0.560. The van der Waals surface area contributed by atoms with Crippen LogP contribution in [0.25, 0.3) is 0 Å². The van der Waals surface area contributed by atoms with Gasteiger partial charge in [-0.25, -0.2) is 4.98 Å². The number of alkyl halides is 6. The zero-order valence-corrected chi connectivity index (χ0v) is 21.7. The van der Waals surface area contributed by atoms with E-state index in [0.717, 1.165) is 44.0 Å². The predicted molar refractivity (Wildman–Crippen MR) is 137 cm³/mol. The van der Waals surface area contributed by atoms with Gasteiger partial charge in [-0.15, -0.1) is 0 Å². The number of nitrogens with zero attached hydrogens (tertiary/aromatic N) is 5. The minimum absolute atomic E-state index is 0.0452. The Balaban J connectivity index is 1.15. The fourth-order valence-corrected chi connectivity index (χ4v) is 5.03. The Morgan fingerprint density at radius 2 is 1.68 bits per heavy atom. The van der Waals surface area contributed by atoms with E-state index in [4.69, 9.17) is 5.26 Å². The van der Waals surface area contributed by atoms with Crippen LogP contribution in [0.1, 0.15) is 42.4 Å². The lowest BCUT2D eigenvalue weighted by molar-refractivity contribution is -0.138. The molecule has 7 nitrogen and oxygen atoms in total. The lowest BCUT2D eigenvalue weighted by Gasteiger charge is -2.36. The number of pyridine rings is 1. The molecule has 1 aromatic heterocycles. The van der Waals surface area contributed by atoms with Crippen LogP contribution in [0.4, 0.5) is 37.8 Å². The van der Waals surface area contributed by atoms with Gasteiger partial charge in [0, 0.05) is 63.6 Å². The van der Waals surface area contributed by atoms with Crippen molar-refractivity contribution in [2.24, 2.45) is 0 Å². The number of hydrogen-bond donors (Lipinski definition) is 1. The van der Waals surface area contributed by atoms with Crippen molar-refractivity contribution < 1.29 is 31.1 Å². The number of carbonyl (C=O) groups is 1. The summed E-state index contributed by atoms with van der Waals surface area (Å²) in [5.41, 5.74) is -1.86. The number of likely N-dealkylation sites (tertiary alicyclic amines) is 1. The molecule has 1 N–H and O–H groups in total. The predicted octanol–water partition coefficient (Wildman–Crippen LogP) is 5.00. The fourth-order valence-electron chi connectivity index (χ4n) is 5.03. The van der Waals surface area contributed by atoms with Gasteiger partial charge in [0.05, 0.1) is 22.8 Å². The number of piperazine rings is 1. The van der Waals surface area contributed by atoms with Crippen LogP contribution in [0.2, 0.25) is 0 Å². The molecule has 0 unspecified atom stereocenters. The van der Waals surface area contributed by atoms with Crippen molar-refractivity contribution in [3.63, 3.8) is 0 Å². The molecule has 2 aliphatic heterocycles. The molecule has 2 aromatic rings. The van der Waals surface area contributed by atoms with Gasteiger partial charge in [0.1, 0.15) is 5.82 Å². The van der Waals surface area contributed by atoms with Crippen molar-refractivity contribution in [2.45, 2.75) is 44.1 Å². The summed E-state index contributed by atoms with van der Waals surface area (Å²) >= 11 is 0. The first kappa shape index (κ1) is 29.5. The van der Waals surface area contributed by atoms with E-state index in [-0.39, 0.29) is 11.9 Å². The maximum atomic E-state index is 13.2. The molecule has 1 amide bonds. The Kier molecular flexibility index (Phi) is 9.08. The number of aromatic nitrogens is 1. The molecule has 0 bridgehead atoms. The van der Waals surface area contributed by atoms with Crippen molar-refractivity contribution in [1.82, 2.24) is 14.8 Å². The van der Waals surface area contributed by atoms with Gasteiger partial charge in [-0.3, -0.25) is 9.69 Å². The van der Waals surface area contributed by atoms with Gasteiger partial charge >= 0.3 is 12.4 Å². The SMILES string of the molecule is N#Cc1ccc(NC2CCN(C(=O)CCCN3CCN(c4ccc(C(F)(F)F)cn4)CC3)CC2)cc1C(F)(F)F. The van der Waals surface area contributed by atoms with Gasteiger partial charge in [0.25, 0.3) is 0 Å². The number of nitrogens with one attached hydrogen (secondary N) is 1. The van der Waals surface area contributed by atoms with Gasteiger partial charge in [-0.05, 0) is 56.1 Å². The summed E-state index contributed by atoms with van der Waals surface area (Å²) in [6.07, 6.45) is -5.90. The minimum atomic E-state index is -4.62. The highest BCUT2D eigenvalue weighted by Crippen LogP contribution is 2.34. The Morgan fingerprint density at radius 1 is 0.975 bits per heavy atom. The Morgan fingerprint density at radius 3 is 2.25 bits per heavy atom. The molecule has 0 spiro atoms. The number of amides is 1. The first-order chi connectivity index (χ1) is 18.9. The van der Waals surface area contributed by atoms with Crippen LogP contribution in [-0.4, -0.2) is 72.5 Å². The molecule has 40 heavy (non-hydrogen) atoms. The molecule has 0 aliphatic carbocycles. The van der Waals surface area contributed by atoms with E-state index >= 15 is 0 Å². The zero-order valence-electron chi connectivity index (χ0n) is 21.7. The molecule has 2 saturated heterocycles. The number of benzene rings is 1. The molecule has 2 fully saturated rings. The van der Waals surface area contributed by atoms with Crippen LogP contribution in [0.5, 0.6) is 0 Å². The normalized spacial score (nSPS) is 17.5. The van der Waals surface area contributed by atoms with Crippen LogP contribution in [0.15, 0.2) is 36.5 Å². The highest BCUT2D eigenvalue weighted by atomic mass is 19.4. The van der Waals surface area contributed by atoms with E-state index in [1.807, 2.05) is 4.90 Å². The number of hydrogen-bond acceptors (Lipinski definition) is 6. The third-order valence-corrected chi connectivity index (χ3v) is 7.30. The number of carbonyl (C=O) groups excluding carboxylic acids is 1. The van der Waals surface area contributed by atoms with Crippen LogP contribution in [0, 0.1) is 11.3 Å².